The van der Waals surface area contributed by atoms with Crippen LogP contribution in [0.2, 0.25) is 0 Å². The summed E-state index contributed by atoms with van der Waals surface area (Å²) in [6, 6.07) is 0. The Kier molecular flexibility index (Phi) is 5.28. The second-order valence-electron chi connectivity index (χ2n) is 9.47. The highest BCUT2D eigenvalue weighted by Gasteiger charge is 2.62. The summed E-state index contributed by atoms with van der Waals surface area (Å²) in [6.45, 7) is 11.1. The van der Waals surface area contributed by atoms with E-state index in [0.717, 1.165) is 25.7 Å². The predicted octanol–water partition coefficient (Wildman–Crippen LogP) is 2.90. The number of hydrogen-bond donors (Lipinski definition) is 2. The summed E-state index contributed by atoms with van der Waals surface area (Å²) in [5, 5.41) is 20.8. The molecule has 0 aromatic heterocycles. The van der Waals surface area contributed by atoms with Crippen LogP contribution in [0.25, 0.3) is 0 Å². The molecule has 3 fully saturated rings. The van der Waals surface area contributed by atoms with Crippen LogP contribution in [0.4, 0.5) is 0 Å². The van der Waals surface area contributed by atoms with E-state index in [9.17, 15) is 15.0 Å². The summed E-state index contributed by atoms with van der Waals surface area (Å²) < 4.78 is 10.4. The van der Waals surface area contributed by atoms with Crippen LogP contribution in [0, 0.1) is 34.5 Å². The smallest absolute Gasteiger partial charge is 0.335 e. The quantitative estimate of drug-likeness (QED) is 0.593. The minimum Gasteiger partial charge on any atom is -0.467 e. The lowest BCUT2D eigenvalue weighted by molar-refractivity contribution is -0.169. The molecule has 0 bridgehead atoms. The van der Waals surface area contributed by atoms with Crippen molar-refractivity contribution < 1.29 is 24.5 Å². The van der Waals surface area contributed by atoms with E-state index >= 15 is 0 Å². The van der Waals surface area contributed by atoms with Gasteiger partial charge >= 0.3 is 5.97 Å². The first-order valence-corrected chi connectivity index (χ1v) is 9.87. The number of fused-ring (bicyclic) bond motifs is 1. The zero-order valence-corrected chi connectivity index (χ0v) is 16.5. The molecule has 0 amide bonds. The first-order chi connectivity index (χ1) is 12.2. The van der Waals surface area contributed by atoms with Crippen LogP contribution in [0.5, 0.6) is 0 Å². The number of aliphatic hydroxyl groups excluding tert-OH is 2. The molecule has 1 aliphatic heterocycles. The van der Waals surface area contributed by atoms with Crippen molar-refractivity contribution in [2.24, 2.45) is 34.5 Å². The van der Waals surface area contributed by atoms with E-state index in [4.69, 9.17) is 9.47 Å². The first-order valence-electron chi connectivity index (χ1n) is 9.87. The van der Waals surface area contributed by atoms with Crippen LogP contribution < -0.4 is 0 Å². The molecular weight excluding hydrogens is 332 g/mol. The molecular formula is C21H34O5. The van der Waals surface area contributed by atoms with Gasteiger partial charge in [-0.15, -0.1) is 0 Å². The number of aliphatic hydroxyl groups is 2. The molecule has 26 heavy (non-hydrogen) atoms. The second-order valence-corrected chi connectivity index (χ2v) is 9.47. The van der Waals surface area contributed by atoms with Crippen molar-refractivity contribution in [2.75, 3.05) is 13.7 Å². The Morgan fingerprint density at radius 1 is 1.35 bits per heavy atom. The van der Waals surface area contributed by atoms with Gasteiger partial charge < -0.3 is 19.7 Å². The van der Waals surface area contributed by atoms with Crippen LogP contribution in [-0.2, 0) is 14.3 Å². The van der Waals surface area contributed by atoms with Gasteiger partial charge in [0.25, 0.3) is 0 Å². The van der Waals surface area contributed by atoms with Crippen molar-refractivity contribution in [3.63, 3.8) is 0 Å². The zero-order chi connectivity index (χ0) is 19.3. The molecule has 2 saturated carbocycles. The Morgan fingerprint density at radius 3 is 2.65 bits per heavy atom. The molecule has 1 heterocycles. The molecule has 5 nitrogen and oxygen atoms in total. The highest BCUT2D eigenvalue weighted by molar-refractivity contribution is 5.75. The predicted molar refractivity (Wildman–Crippen MR) is 98.1 cm³/mol. The molecule has 148 valence electrons. The number of methoxy groups -OCH3 is 1. The molecule has 2 N–H and O–H groups in total. The topological polar surface area (TPSA) is 76.0 Å². The molecule has 0 unspecified atom stereocenters. The van der Waals surface area contributed by atoms with E-state index in [1.807, 2.05) is 0 Å². The average Bonchev–Trinajstić information content (AvgIpc) is 3.08. The maximum absolute atomic E-state index is 12.1. The normalized spacial score (nSPS) is 45.2. The molecule has 7 atom stereocenters. The summed E-state index contributed by atoms with van der Waals surface area (Å²) in [6.07, 6.45) is 3.38. The van der Waals surface area contributed by atoms with Crippen LogP contribution in [0.3, 0.4) is 0 Å². The van der Waals surface area contributed by atoms with E-state index < -0.39 is 24.3 Å². The Morgan fingerprint density at radius 2 is 2.04 bits per heavy atom. The lowest BCUT2D eigenvalue weighted by atomic mass is 9.59. The fraction of sp³-hybridized carbons (Fsp3) is 0.857. The van der Waals surface area contributed by atoms with Crippen LogP contribution in [-0.4, -0.2) is 42.3 Å². The number of carbonyl (C=O) groups excluding carboxylic acids is 1. The fourth-order valence-corrected chi connectivity index (χ4v) is 6.43. The van der Waals surface area contributed by atoms with Crippen molar-refractivity contribution in [3.05, 3.63) is 12.2 Å². The van der Waals surface area contributed by atoms with Gasteiger partial charge in [-0.05, 0) is 54.8 Å². The third-order valence-electron chi connectivity index (χ3n) is 7.72. The lowest BCUT2D eigenvalue weighted by Gasteiger charge is -2.45. The van der Waals surface area contributed by atoms with Crippen molar-refractivity contribution in [1.82, 2.24) is 0 Å². The maximum atomic E-state index is 12.1. The number of ether oxygens (including phenoxy) is 2. The highest BCUT2D eigenvalue weighted by Crippen LogP contribution is 2.64. The molecule has 3 rings (SSSR count). The van der Waals surface area contributed by atoms with Gasteiger partial charge in [0, 0.05) is 18.4 Å². The van der Waals surface area contributed by atoms with Gasteiger partial charge in [0.1, 0.15) is 0 Å². The Labute approximate surface area is 156 Å². The highest BCUT2D eigenvalue weighted by atomic mass is 16.6. The van der Waals surface area contributed by atoms with Crippen molar-refractivity contribution in [3.8, 4) is 0 Å². The minimum atomic E-state index is -1.07. The minimum absolute atomic E-state index is 0.204. The summed E-state index contributed by atoms with van der Waals surface area (Å²) in [5.74, 6) is -0.513. The first kappa shape index (κ1) is 19.8. The second kappa shape index (κ2) is 6.92. The SMILES string of the molecule is C=C1CCCC(C)(C)[C@@H]2CC[C@@](C)([C@H]3[C@H](CO)[C@@H](C(=O)OC)O[C@@H]3O)[C@H]12. The third kappa shape index (κ3) is 2.92. The largest absolute Gasteiger partial charge is 0.467 e. The molecule has 0 aromatic rings. The monoisotopic (exact) mass is 366 g/mol. The average molecular weight is 366 g/mol. The van der Waals surface area contributed by atoms with Gasteiger partial charge in [-0.3, -0.25) is 0 Å². The number of allylic oxidation sites excluding steroid dienone is 1. The Hall–Kier alpha value is -0.910. The molecule has 5 heteroatoms. The molecule has 0 aromatic carbocycles. The van der Waals surface area contributed by atoms with E-state index in [2.05, 4.69) is 27.4 Å². The number of carbonyl (C=O) groups is 1. The lowest BCUT2D eigenvalue weighted by Crippen LogP contribution is -2.44. The van der Waals surface area contributed by atoms with Crippen molar-refractivity contribution in [1.29, 1.82) is 0 Å². The summed E-state index contributed by atoms with van der Waals surface area (Å²) >= 11 is 0. The molecule has 0 radical (unpaired) electrons. The number of rotatable bonds is 3. The Bertz CT molecular complexity index is 571. The van der Waals surface area contributed by atoms with Crippen molar-refractivity contribution >= 4 is 5.97 Å². The zero-order valence-electron chi connectivity index (χ0n) is 16.5. The number of esters is 1. The van der Waals surface area contributed by atoms with E-state index in [0.29, 0.717) is 5.92 Å². The maximum Gasteiger partial charge on any atom is 0.335 e. The van der Waals surface area contributed by atoms with Gasteiger partial charge in [-0.25, -0.2) is 4.79 Å². The van der Waals surface area contributed by atoms with Crippen LogP contribution in [0.15, 0.2) is 12.2 Å². The van der Waals surface area contributed by atoms with E-state index in [1.165, 1.54) is 19.1 Å². The summed E-state index contributed by atoms with van der Waals surface area (Å²) in [7, 11) is 1.31. The third-order valence-corrected chi connectivity index (χ3v) is 7.72. The molecule has 3 aliphatic rings. The fourth-order valence-electron chi connectivity index (χ4n) is 6.43. The van der Waals surface area contributed by atoms with Crippen LogP contribution >= 0.6 is 0 Å². The van der Waals surface area contributed by atoms with Gasteiger partial charge in [-0.1, -0.05) is 32.9 Å². The standard InChI is InChI=1S/C21H34O5/c1-12-7-6-9-20(2,3)14-8-10-21(4,15(12)14)16-13(11-22)17(19(24)25-5)26-18(16)23/h13-18,22-23H,1,6-11H2,2-5H3/t13-,14+,15+,16-,17-,18-,21+/m0/s1. The number of hydrogen-bond acceptors (Lipinski definition) is 5. The van der Waals surface area contributed by atoms with Gasteiger partial charge in [0.15, 0.2) is 12.4 Å². The molecule has 2 aliphatic carbocycles. The van der Waals surface area contributed by atoms with Gasteiger partial charge in [-0.2, -0.15) is 0 Å². The summed E-state index contributed by atoms with van der Waals surface area (Å²) in [5.41, 5.74) is 1.23. The van der Waals surface area contributed by atoms with E-state index in [-0.39, 0.29) is 29.3 Å². The van der Waals surface area contributed by atoms with Gasteiger partial charge in [0.05, 0.1) is 7.11 Å². The van der Waals surface area contributed by atoms with E-state index in [1.54, 1.807) is 0 Å². The molecule has 0 spiro atoms. The van der Waals surface area contributed by atoms with Gasteiger partial charge in [0.2, 0.25) is 0 Å². The van der Waals surface area contributed by atoms with Crippen molar-refractivity contribution in [2.45, 2.75) is 65.3 Å². The van der Waals surface area contributed by atoms with Crippen LogP contribution in [0.1, 0.15) is 52.9 Å². The molecule has 1 saturated heterocycles. The summed E-state index contributed by atoms with van der Waals surface area (Å²) in [4.78, 5) is 12.1. The Balaban J connectivity index is 1.98.